The highest BCUT2D eigenvalue weighted by atomic mass is 32.2. The Morgan fingerprint density at radius 3 is 2.07 bits per heavy atom. The van der Waals surface area contributed by atoms with E-state index >= 15 is 0 Å². The quantitative estimate of drug-likeness (QED) is 0.493. The number of hydrogen-bond donors (Lipinski definition) is 0. The largest absolute Gasteiger partial charge is 0.317 e. The number of likely N-dealkylation sites (N-methyl/N-ethyl adjacent to an activating group) is 1. The Balaban J connectivity index is 1.77. The van der Waals surface area contributed by atoms with E-state index in [1.165, 1.54) is 11.1 Å². The van der Waals surface area contributed by atoms with Crippen LogP contribution in [0.25, 0.3) is 0 Å². The second-order valence-corrected chi connectivity index (χ2v) is 10.4. The summed E-state index contributed by atoms with van der Waals surface area (Å²) in [5.74, 6) is 0. The lowest BCUT2D eigenvalue weighted by Crippen LogP contribution is -2.25. The number of rotatable bonds is 10. The highest BCUT2D eigenvalue weighted by Crippen LogP contribution is 2.19. The average molecular weight is 426 g/mol. The lowest BCUT2D eigenvalue weighted by molar-refractivity contribution is 0.319. The summed E-state index contributed by atoms with van der Waals surface area (Å²) in [6.07, 6.45) is 3.43. The van der Waals surface area contributed by atoms with Crippen LogP contribution in [0.1, 0.15) is 30.7 Å². The first-order valence-electron chi connectivity index (χ1n) is 10.4. The predicted molar refractivity (Wildman–Crippen MR) is 121 cm³/mol. The Kier molecular flexibility index (Phi) is 7.45. The molecule has 0 amide bonds. The highest BCUT2D eigenvalue weighted by molar-refractivity contribution is 7.91. The summed E-state index contributed by atoms with van der Waals surface area (Å²) in [5, 5.41) is -0.320. The van der Waals surface area contributed by atoms with Gasteiger partial charge in [0.2, 0.25) is 15.0 Å². The van der Waals surface area contributed by atoms with Gasteiger partial charge in [-0.05, 0) is 44.9 Å². The van der Waals surface area contributed by atoms with Crippen molar-refractivity contribution in [2.24, 2.45) is 0 Å². The maximum Gasteiger partial charge on any atom is 0.228 e. The molecule has 0 radical (unpaired) electrons. The van der Waals surface area contributed by atoms with Gasteiger partial charge >= 0.3 is 0 Å². The summed E-state index contributed by atoms with van der Waals surface area (Å²) in [7, 11) is -1.39. The molecule has 0 saturated carbocycles. The number of hydrogen-bond acceptors (Lipinski definition) is 4. The van der Waals surface area contributed by atoms with Crippen molar-refractivity contribution in [3.63, 3.8) is 0 Å². The zero-order valence-electron chi connectivity index (χ0n) is 18.0. The van der Waals surface area contributed by atoms with Gasteiger partial charge in [-0.3, -0.25) is 0 Å². The molecule has 0 aliphatic heterocycles. The van der Waals surface area contributed by atoms with Crippen LogP contribution in [0.2, 0.25) is 0 Å². The van der Waals surface area contributed by atoms with E-state index in [9.17, 15) is 8.42 Å². The minimum Gasteiger partial charge on any atom is -0.317 e. The van der Waals surface area contributed by atoms with Gasteiger partial charge in [0.25, 0.3) is 0 Å². The Bertz CT molecular complexity index is 1030. The van der Waals surface area contributed by atoms with Crippen LogP contribution in [0.5, 0.6) is 0 Å². The minimum absolute atomic E-state index is 0.180. The van der Waals surface area contributed by atoms with Gasteiger partial charge in [0, 0.05) is 19.6 Å². The molecule has 0 N–H and O–H groups in total. The fraction of sp³-hybridized carbons (Fsp3) is 0.375. The molecule has 0 unspecified atom stereocenters. The Morgan fingerprint density at radius 2 is 1.50 bits per heavy atom. The molecule has 0 aliphatic carbocycles. The van der Waals surface area contributed by atoms with Crippen LogP contribution >= 0.6 is 0 Å². The van der Waals surface area contributed by atoms with Crippen molar-refractivity contribution < 1.29 is 8.42 Å². The van der Waals surface area contributed by atoms with Crippen LogP contribution in [-0.2, 0) is 35.8 Å². The molecular formula is C24H31N3O2S. The average Bonchev–Trinajstić information content (AvgIpc) is 3.15. The number of nitrogens with zero attached hydrogens (tertiary/aromatic N) is 3. The van der Waals surface area contributed by atoms with E-state index in [0.29, 0.717) is 13.1 Å². The Hall–Kier alpha value is -2.44. The zero-order chi connectivity index (χ0) is 21.6. The smallest absolute Gasteiger partial charge is 0.228 e. The van der Waals surface area contributed by atoms with Crippen LogP contribution in [0, 0.1) is 0 Å². The topological polar surface area (TPSA) is 55.2 Å². The molecule has 1 aromatic heterocycles. The second-order valence-electron chi connectivity index (χ2n) is 7.99. The second kappa shape index (κ2) is 10.0. The molecular weight excluding hydrogens is 394 g/mol. The number of aromatic nitrogens is 2. The lowest BCUT2D eigenvalue weighted by atomic mass is 10.1. The van der Waals surface area contributed by atoms with Gasteiger partial charge < -0.3 is 9.47 Å². The molecule has 0 spiro atoms. The van der Waals surface area contributed by atoms with E-state index in [-0.39, 0.29) is 5.16 Å². The molecule has 0 saturated heterocycles. The third-order valence-electron chi connectivity index (χ3n) is 5.30. The monoisotopic (exact) mass is 425 g/mol. The summed E-state index contributed by atoms with van der Waals surface area (Å²) >= 11 is 0. The third kappa shape index (κ3) is 5.58. The van der Waals surface area contributed by atoms with Crippen molar-refractivity contribution in [2.75, 3.05) is 13.6 Å². The SMILES string of the molecule is CC(C)S(=O)(=O)c1ncc(CN(C)CCc2ccccc2)n1CCc1ccccc1. The van der Waals surface area contributed by atoms with Crippen molar-refractivity contribution in [3.8, 4) is 0 Å². The third-order valence-corrected chi connectivity index (χ3v) is 7.38. The first kappa shape index (κ1) is 22.2. The fourth-order valence-corrected chi connectivity index (χ4v) is 4.54. The molecule has 0 aliphatic rings. The maximum absolute atomic E-state index is 12.9. The van der Waals surface area contributed by atoms with Gasteiger partial charge in [-0.2, -0.15) is 0 Å². The summed E-state index contributed by atoms with van der Waals surface area (Å²) in [6, 6.07) is 20.5. The van der Waals surface area contributed by atoms with E-state index in [0.717, 1.165) is 25.1 Å². The fourth-order valence-electron chi connectivity index (χ4n) is 3.40. The van der Waals surface area contributed by atoms with Crippen LogP contribution in [0.15, 0.2) is 72.0 Å². The minimum atomic E-state index is -3.45. The molecule has 0 bridgehead atoms. The van der Waals surface area contributed by atoms with E-state index < -0.39 is 15.1 Å². The molecule has 6 heteroatoms. The van der Waals surface area contributed by atoms with Crippen molar-refractivity contribution in [1.29, 1.82) is 0 Å². The van der Waals surface area contributed by atoms with Crippen molar-refractivity contribution in [1.82, 2.24) is 14.5 Å². The molecule has 0 fully saturated rings. The standard InChI is InChI=1S/C24H31N3O2S/c1-20(2)30(28,29)24-25-18-23(27(24)17-15-22-12-8-5-9-13-22)19-26(3)16-14-21-10-6-4-7-11-21/h4-13,18,20H,14-17,19H2,1-3H3. The Labute approximate surface area is 180 Å². The van der Waals surface area contributed by atoms with Crippen LogP contribution < -0.4 is 0 Å². The molecule has 3 aromatic rings. The molecule has 30 heavy (non-hydrogen) atoms. The summed E-state index contributed by atoms with van der Waals surface area (Å²) in [4.78, 5) is 6.56. The van der Waals surface area contributed by atoms with Crippen LogP contribution in [0.4, 0.5) is 0 Å². The Morgan fingerprint density at radius 1 is 0.933 bits per heavy atom. The summed E-state index contributed by atoms with van der Waals surface area (Å²) < 4.78 is 27.6. The highest BCUT2D eigenvalue weighted by Gasteiger charge is 2.26. The van der Waals surface area contributed by atoms with E-state index in [2.05, 4.69) is 53.3 Å². The van der Waals surface area contributed by atoms with Crippen LogP contribution in [0.3, 0.4) is 0 Å². The number of benzene rings is 2. The number of sulfone groups is 1. The predicted octanol–water partition coefficient (Wildman–Crippen LogP) is 3.98. The van der Waals surface area contributed by atoms with Gasteiger partial charge in [-0.15, -0.1) is 0 Å². The summed E-state index contributed by atoms with van der Waals surface area (Å²) in [5.41, 5.74) is 3.41. The van der Waals surface area contributed by atoms with Crippen LogP contribution in [-0.4, -0.2) is 41.7 Å². The first-order valence-corrected chi connectivity index (χ1v) is 12.0. The lowest BCUT2D eigenvalue weighted by Gasteiger charge is -2.19. The molecule has 0 atom stereocenters. The number of aryl methyl sites for hydroxylation is 1. The molecule has 2 aromatic carbocycles. The van der Waals surface area contributed by atoms with E-state index in [1.807, 2.05) is 28.8 Å². The maximum atomic E-state index is 12.9. The molecule has 3 rings (SSSR count). The van der Waals surface area contributed by atoms with E-state index in [4.69, 9.17) is 0 Å². The van der Waals surface area contributed by atoms with Gasteiger partial charge in [0.1, 0.15) is 0 Å². The zero-order valence-corrected chi connectivity index (χ0v) is 18.8. The summed E-state index contributed by atoms with van der Waals surface area (Å²) in [6.45, 7) is 5.55. The molecule has 160 valence electrons. The first-order chi connectivity index (χ1) is 14.4. The van der Waals surface area contributed by atoms with Crippen molar-refractivity contribution in [3.05, 3.63) is 83.7 Å². The van der Waals surface area contributed by atoms with Gasteiger partial charge in [-0.1, -0.05) is 60.7 Å². The van der Waals surface area contributed by atoms with Gasteiger partial charge in [-0.25, -0.2) is 13.4 Å². The van der Waals surface area contributed by atoms with Gasteiger partial charge in [0.15, 0.2) is 0 Å². The normalized spacial score (nSPS) is 12.0. The van der Waals surface area contributed by atoms with Crippen molar-refractivity contribution >= 4 is 9.84 Å². The van der Waals surface area contributed by atoms with Gasteiger partial charge in [0.05, 0.1) is 17.1 Å². The van der Waals surface area contributed by atoms with Crippen molar-refractivity contribution in [2.45, 2.75) is 50.2 Å². The molecule has 5 nitrogen and oxygen atoms in total. The molecule has 1 heterocycles. The van der Waals surface area contributed by atoms with E-state index in [1.54, 1.807) is 20.0 Å². The number of imidazole rings is 1.